The number of unbranched alkanes of at least 4 members (excludes halogenated alkanes) is 11. The first-order chi connectivity index (χ1) is 17.8. The Morgan fingerprint density at radius 3 is 1.78 bits per heavy atom. The second kappa shape index (κ2) is 20.1. The lowest BCUT2D eigenvalue weighted by Gasteiger charge is -2.40. The van der Waals surface area contributed by atoms with E-state index in [0.29, 0.717) is 6.42 Å². The fourth-order valence-corrected chi connectivity index (χ4v) is 5.03. The maximum Gasteiger partial charge on any atom is 0.220 e. The first-order valence-corrected chi connectivity index (χ1v) is 14.7. The van der Waals surface area contributed by atoms with E-state index in [1.165, 1.54) is 57.8 Å². The van der Waals surface area contributed by atoms with Crippen LogP contribution in [-0.4, -0.2) is 91.9 Å². The third-order valence-electron chi connectivity index (χ3n) is 7.58. The van der Waals surface area contributed by atoms with E-state index >= 15 is 0 Å². The molecule has 1 fully saturated rings. The number of amides is 1. The van der Waals surface area contributed by atoms with Crippen LogP contribution in [0.4, 0.5) is 0 Å². The van der Waals surface area contributed by atoms with Gasteiger partial charge in [-0.25, -0.2) is 0 Å². The van der Waals surface area contributed by atoms with Crippen molar-refractivity contribution in [1.82, 2.24) is 5.32 Å². The van der Waals surface area contributed by atoms with Gasteiger partial charge in [0.05, 0.1) is 31.0 Å². The van der Waals surface area contributed by atoms with Crippen LogP contribution in [0.5, 0.6) is 0 Å². The van der Waals surface area contributed by atoms with Crippen LogP contribution in [0.3, 0.4) is 0 Å². The lowest BCUT2D eigenvalue weighted by molar-refractivity contribution is -0.231. The molecule has 0 radical (unpaired) electrons. The van der Waals surface area contributed by atoms with Crippen LogP contribution >= 0.6 is 0 Å². The number of carbonyl (C=O) groups is 1. The van der Waals surface area contributed by atoms with E-state index in [1.807, 2.05) is 0 Å². The summed E-state index contributed by atoms with van der Waals surface area (Å²) < 4.78 is 5.53. The zero-order valence-electron chi connectivity index (χ0n) is 23.1. The van der Waals surface area contributed by atoms with Crippen molar-refractivity contribution in [2.75, 3.05) is 6.61 Å². The van der Waals surface area contributed by atoms with Gasteiger partial charge in [0.2, 0.25) is 5.91 Å². The topological polar surface area (TPSA) is 160 Å². The average Bonchev–Trinajstić information content (AvgIpc) is 2.90. The Bertz CT molecular complexity index is 578. The van der Waals surface area contributed by atoms with Crippen LogP contribution in [0.15, 0.2) is 0 Å². The predicted octanol–water partition coefficient (Wildman–Crippen LogP) is 2.32. The fraction of sp³-hybridized carbons (Fsp3) is 0.964. The zero-order valence-corrected chi connectivity index (χ0v) is 23.1. The van der Waals surface area contributed by atoms with Crippen LogP contribution in [0.25, 0.3) is 0 Å². The highest BCUT2D eigenvalue weighted by molar-refractivity contribution is 5.75. The molecule has 1 aliphatic heterocycles. The van der Waals surface area contributed by atoms with Gasteiger partial charge < -0.3 is 40.7 Å². The quantitative estimate of drug-likeness (QED) is 0.111. The van der Waals surface area contributed by atoms with Crippen LogP contribution < -0.4 is 5.32 Å². The van der Waals surface area contributed by atoms with Gasteiger partial charge in [-0.05, 0) is 19.3 Å². The molecule has 1 rings (SSSR count). The molecule has 0 saturated carbocycles. The van der Waals surface area contributed by atoms with Gasteiger partial charge in [-0.15, -0.1) is 0 Å². The normalized spacial score (nSPS) is 26.5. The van der Waals surface area contributed by atoms with Gasteiger partial charge in [-0.2, -0.15) is 0 Å². The summed E-state index contributed by atoms with van der Waals surface area (Å²) in [7, 11) is 0. The Morgan fingerprint density at radius 1 is 0.757 bits per heavy atom. The minimum absolute atomic E-state index is 0.151. The van der Waals surface area contributed by atoms with Gasteiger partial charge in [0, 0.05) is 6.42 Å². The third kappa shape index (κ3) is 13.2. The highest BCUT2D eigenvalue weighted by atomic mass is 16.5. The SMILES string of the molecule is CCCCCCCCCCCCCC[C@@H](O)[C@@H](O)[C@H](CC[C@@H]1OC(CO)[C@H](O)[C@H](O)C1O)NC(=O)CC. The second-order valence-corrected chi connectivity index (χ2v) is 10.7. The third-order valence-corrected chi connectivity index (χ3v) is 7.58. The maximum atomic E-state index is 12.0. The van der Waals surface area contributed by atoms with E-state index < -0.39 is 55.4 Å². The molecule has 1 amide bonds. The summed E-state index contributed by atoms with van der Waals surface area (Å²) in [5.41, 5.74) is 0. The minimum atomic E-state index is -1.47. The molecule has 1 heterocycles. The summed E-state index contributed by atoms with van der Waals surface area (Å²) in [5.74, 6) is -0.268. The van der Waals surface area contributed by atoms with Crippen LogP contribution in [-0.2, 0) is 9.53 Å². The number of carbonyl (C=O) groups excluding carboxylic acids is 1. The molecular formula is C28H55NO8. The van der Waals surface area contributed by atoms with Crippen LogP contribution in [0.1, 0.15) is 117 Å². The van der Waals surface area contributed by atoms with Crippen molar-refractivity contribution in [1.29, 1.82) is 0 Å². The molecule has 37 heavy (non-hydrogen) atoms. The molecule has 0 aromatic rings. The molecule has 0 bridgehead atoms. The Balaban J connectivity index is 2.39. The molecule has 0 spiro atoms. The van der Waals surface area contributed by atoms with Gasteiger partial charge in [0.25, 0.3) is 0 Å². The van der Waals surface area contributed by atoms with E-state index in [-0.39, 0.29) is 25.2 Å². The lowest BCUT2D eigenvalue weighted by Crippen LogP contribution is -2.59. The molecule has 8 atom stereocenters. The zero-order chi connectivity index (χ0) is 27.6. The number of rotatable bonds is 21. The lowest BCUT2D eigenvalue weighted by atomic mass is 9.90. The Kier molecular flexibility index (Phi) is 18.6. The van der Waals surface area contributed by atoms with Crippen molar-refractivity contribution in [2.24, 2.45) is 0 Å². The van der Waals surface area contributed by atoms with Crippen molar-refractivity contribution in [2.45, 2.75) is 165 Å². The smallest absolute Gasteiger partial charge is 0.220 e. The molecular weight excluding hydrogens is 478 g/mol. The molecule has 0 aromatic heterocycles. The first kappa shape index (κ1) is 34.2. The van der Waals surface area contributed by atoms with E-state index in [4.69, 9.17) is 4.74 Å². The summed E-state index contributed by atoms with van der Waals surface area (Å²) in [4.78, 5) is 12.0. The van der Waals surface area contributed by atoms with Crippen molar-refractivity contribution in [3.8, 4) is 0 Å². The van der Waals surface area contributed by atoms with Gasteiger partial charge in [-0.1, -0.05) is 90.9 Å². The molecule has 9 heteroatoms. The highest BCUT2D eigenvalue weighted by Crippen LogP contribution is 2.25. The highest BCUT2D eigenvalue weighted by Gasteiger charge is 2.43. The maximum absolute atomic E-state index is 12.0. The Hall–Kier alpha value is -0.810. The van der Waals surface area contributed by atoms with E-state index in [1.54, 1.807) is 6.92 Å². The van der Waals surface area contributed by atoms with Crippen molar-refractivity contribution in [3.05, 3.63) is 0 Å². The summed E-state index contributed by atoms with van der Waals surface area (Å²) in [6, 6.07) is -0.757. The second-order valence-electron chi connectivity index (χ2n) is 10.7. The number of ether oxygens (including phenoxy) is 1. The molecule has 2 unspecified atom stereocenters. The monoisotopic (exact) mass is 533 g/mol. The molecule has 7 N–H and O–H groups in total. The van der Waals surface area contributed by atoms with Gasteiger partial charge in [0.15, 0.2) is 0 Å². The summed E-state index contributed by atoms with van der Waals surface area (Å²) in [5, 5.41) is 63.7. The van der Waals surface area contributed by atoms with Gasteiger partial charge in [0.1, 0.15) is 24.4 Å². The van der Waals surface area contributed by atoms with E-state index in [2.05, 4.69) is 12.2 Å². The largest absolute Gasteiger partial charge is 0.394 e. The number of hydrogen-bond acceptors (Lipinski definition) is 8. The fourth-order valence-electron chi connectivity index (χ4n) is 5.03. The molecule has 0 aromatic carbocycles. The minimum Gasteiger partial charge on any atom is -0.394 e. The molecule has 1 aliphatic rings. The number of aliphatic hydroxyl groups excluding tert-OH is 6. The van der Waals surface area contributed by atoms with Gasteiger partial charge >= 0.3 is 0 Å². The first-order valence-electron chi connectivity index (χ1n) is 14.7. The number of hydrogen-bond donors (Lipinski definition) is 7. The van der Waals surface area contributed by atoms with Crippen molar-refractivity contribution in [3.63, 3.8) is 0 Å². The van der Waals surface area contributed by atoms with E-state index in [0.717, 1.165) is 19.3 Å². The van der Waals surface area contributed by atoms with Crippen LogP contribution in [0.2, 0.25) is 0 Å². The average molecular weight is 534 g/mol. The summed E-state index contributed by atoms with van der Waals surface area (Å²) in [6.45, 7) is 3.41. The predicted molar refractivity (Wildman–Crippen MR) is 143 cm³/mol. The molecule has 1 saturated heterocycles. The summed E-state index contributed by atoms with van der Waals surface area (Å²) >= 11 is 0. The Labute approximate surface area is 223 Å². The van der Waals surface area contributed by atoms with Crippen molar-refractivity contribution < 1.29 is 40.2 Å². The molecule has 9 nitrogen and oxygen atoms in total. The standard InChI is InChI=1S/C28H55NO8/c1-3-5-6-7-8-9-10-11-12-13-14-15-16-21(31)25(33)20(29-24(32)4-2)17-18-22-26(34)28(36)27(35)23(19-30)37-22/h20-23,25-28,30-31,33-36H,3-19H2,1-2H3,(H,29,32)/t20-,21+,22-,23?,25-,26?,27-,28+/m0/s1. The number of aliphatic hydroxyl groups is 6. The number of nitrogens with one attached hydrogen (secondary N) is 1. The van der Waals surface area contributed by atoms with Crippen LogP contribution in [0, 0.1) is 0 Å². The van der Waals surface area contributed by atoms with Crippen molar-refractivity contribution >= 4 is 5.91 Å². The molecule has 0 aliphatic carbocycles. The summed E-state index contributed by atoms with van der Waals surface area (Å²) in [6.07, 6.45) is 7.14. The molecule has 220 valence electrons. The Morgan fingerprint density at radius 2 is 1.27 bits per heavy atom. The van der Waals surface area contributed by atoms with Gasteiger partial charge in [-0.3, -0.25) is 4.79 Å². The van der Waals surface area contributed by atoms with E-state index in [9.17, 15) is 35.4 Å².